The van der Waals surface area contributed by atoms with E-state index in [1.54, 1.807) is 24.8 Å². The minimum absolute atomic E-state index is 0.0174. The summed E-state index contributed by atoms with van der Waals surface area (Å²) in [7, 11) is 3.39. The van der Waals surface area contributed by atoms with Crippen LogP contribution in [0.1, 0.15) is 22.3 Å². The highest BCUT2D eigenvalue weighted by atomic mass is 16.5. The summed E-state index contributed by atoms with van der Waals surface area (Å²) >= 11 is 0. The van der Waals surface area contributed by atoms with Crippen LogP contribution in [0.3, 0.4) is 0 Å². The number of methoxy groups -OCH3 is 1. The molecule has 0 spiro atoms. The van der Waals surface area contributed by atoms with Gasteiger partial charge in [0.2, 0.25) is 0 Å². The van der Waals surface area contributed by atoms with Crippen molar-refractivity contribution >= 4 is 22.4 Å². The molecule has 1 aliphatic rings. The number of carbonyl (C=O) groups excluding carboxylic acids is 1. The summed E-state index contributed by atoms with van der Waals surface area (Å²) in [6.07, 6.45) is 0.812. The minimum atomic E-state index is -0.0866. The number of aryl methyl sites for hydroxylation is 1. The first-order valence-electron chi connectivity index (χ1n) is 9.75. The predicted molar refractivity (Wildman–Crippen MR) is 114 cm³/mol. The van der Waals surface area contributed by atoms with E-state index in [1.165, 1.54) is 0 Å². The fourth-order valence-electron chi connectivity index (χ4n) is 3.84. The zero-order chi connectivity index (χ0) is 20.4. The van der Waals surface area contributed by atoms with Gasteiger partial charge in [-0.05, 0) is 29.7 Å². The Balaban J connectivity index is 1.71. The highest BCUT2D eigenvalue weighted by Crippen LogP contribution is 2.41. The van der Waals surface area contributed by atoms with Gasteiger partial charge in [0.15, 0.2) is 5.78 Å². The zero-order valence-electron chi connectivity index (χ0n) is 16.7. The fraction of sp³-hybridized carbons (Fsp3) is 0.304. The molecule has 1 N–H and O–H groups in total. The third-order valence-corrected chi connectivity index (χ3v) is 5.31. The Labute approximate surface area is 169 Å². The second kappa shape index (κ2) is 8.19. The van der Waals surface area contributed by atoms with Gasteiger partial charge in [-0.3, -0.25) is 9.59 Å². The average molecular weight is 392 g/mol. The summed E-state index contributed by atoms with van der Waals surface area (Å²) < 4.78 is 12.1. The second-order valence-electron chi connectivity index (χ2n) is 7.10. The van der Waals surface area contributed by atoms with E-state index in [9.17, 15) is 9.59 Å². The number of nitrogens with one attached hydrogen (secondary N) is 1. The molecule has 0 saturated heterocycles. The molecule has 0 amide bonds. The number of fused-ring (bicyclic) bond motifs is 2. The van der Waals surface area contributed by atoms with E-state index in [2.05, 4.69) is 5.32 Å². The van der Waals surface area contributed by atoms with Crippen LogP contribution in [-0.2, 0) is 16.5 Å². The average Bonchev–Trinajstić information content (AvgIpc) is 2.74. The number of rotatable bonds is 8. The summed E-state index contributed by atoms with van der Waals surface area (Å²) in [6.45, 7) is 2.46. The van der Waals surface area contributed by atoms with Crippen molar-refractivity contribution in [2.75, 3.05) is 38.8 Å². The molecule has 3 aromatic rings. The van der Waals surface area contributed by atoms with E-state index in [0.717, 1.165) is 34.1 Å². The fourth-order valence-corrected chi connectivity index (χ4v) is 3.84. The minimum Gasteiger partial charge on any atom is -0.384 e. The van der Waals surface area contributed by atoms with Crippen molar-refractivity contribution < 1.29 is 14.3 Å². The van der Waals surface area contributed by atoms with Gasteiger partial charge in [-0.25, -0.2) is 0 Å². The first kappa shape index (κ1) is 19.4. The number of benzene rings is 2. The molecule has 1 aromatic heterocycles. The molecule has 1 heterocycles. The largest absolute Gasteiger partial charge is 0.384 e. The Hall–Kier alpha value is -2.96. The molecule has 4 rings (SSSR count). The summed E-state index contributed by atoms with van der Waals surface area (Å²) in [5.74, 6) is -0.0174. The predicted octanol–water partition coefficient (Wildman–Crippen LogP) is 3.21. The van der Waals surface area contributed by atoms with E-state index < -0.39 is 0 Å². The van der Waals surface area contributed by atoms with Gasteiger partial charge in [-0.15, -0.1) is 0 Å². The standard InChI is InChI=1S/C23H24N2O4/c1-25-19-9-8-18(24-10-5-11-29-13-12-28-2)22-21(19)17(14-20(25)26)15-6-3-4-7-16(15)23(22)27/h3-4,6-9,14,24H,5,10-13H2,1-2H3. The molecular formula is C23H24N2O4. The van der Waals surface area contributed by atoms with Crippen molar-refractivity contribution in [3.63, 3.8) is 0 Å². The van der Waals surface area contributed by atoms with Crippen LogP contribution < -0.4 is 10.9 Å². The van der Waals surface area contributed by atoms with Crippen LogP contribution in [0.4, 0.5) is 5.69 Å². The number of anilines is 1. The van der Waals surface area contributed by atoms with E-state index in [-0.39, 0.29) is 11.3 Å². The van der Waals surface area contributed by atoms with Gasteiger partial charge >= 0.3 is 0 Å². The molecule has 0 unspecified atom stereocenters. The molecule has 0 saturated carbocycles. The van der Waals surface area contributed by atoms with E-state index >= 15 is 0 Å². The van der Waals surface area contributed by atoms with Crippen molar-refractivity contribution in [3.8, 4) is 11.1 Å². The quantitative estimate of drug-likeness (QED) is 0.466. The number of ether oxygens (including phenoxy) is 2. The van der Waals surface area contributed by atoms with Crippen LogP contribution in [0, 0.1) is 0 Å². The Morgan fingerprint density at radius 1 is 0.966 bits per heavy atom. The van der Waals surface area contributed by atoms with Crippen molar-refractivity contribution in [2.24, 2.45) is 7.05 Å². The van der Waals surface area contributed by atoms with E-state index in [4.69, 9.17) is 9.47 Å². The van der Waals surface area contributed by atoms with Crippen LogP contribution >= 0.6 is 0 Å². The molecule has 2 aromatic carbocycles. The van der Waals surface area contributed by atoms with Gasteiger partial charge in [0.05, 0.1) is 24.3 Å². The van der Waals surface area contributed by atoms with Crippen LogP contribution in [-0.4, -0.2) is 43.8 Å². The Bertz CT molecular complexity index is 1130. The molecular weight excluding hydrogens is 368 g/mol. The highest BCUT2D eigenvalue weighted by molar-refractivity contribution is 6.28. The van der Waals surface area contributed by atoms with Gasteiger partial charge in [-0.2, -0.15) is 0 Å². The van der Waals surface area contributed by atoms with Crippen LogP contribution in [0.5, 0.6) is 0 Å². The number of hydrogen-bond acceptors (Lipinski definition) is 5. The zero-order valence-corrected chi connectivity index (χ0v) is 16.7. The molecule has 0 aliphatic heterocycles. The molecule has 6 nitrogen and oxygen atoms in total. The van der Waals surface area contributed by atoms with Crippen molar-refractivity contribution in [1.82, 2.24) is 4.57 Å². The summed E-state index contributed by atoms with van der Waals surface area (Å²) in [5, 5.41) is 4.21. The number of nitrogens with zero attached hydrogens (tertiary/aromatic N) is 1. The number of carbonyl (C=O) groups is 1. The maximum atomic E-state index is 13.4. The van der Waals surface area contributed by atoms with Crippen LogP contribution in [0.25, 0.3) is 22.0 Å². The molecule has 0 radical (unpaired) electrons. The maximum Gasteiger partial charge on any atom is 0.251 e. The van der Waals surface area contributed by atoms with Crippen molar-refractivity contribution in [1.29, 1.82) is 0 Å². The second-order valence-corrected chi connectivity index (χ2v) is 7.10. The van der Waals surface area contributed by atoms with Crippen molar-refractivity contribution in [3.05, 3.63) is 63.9 Å². The smallest absolute Gasteiger partial charge is 0.251 e. The number of hydrogen-bond donors (Lipinski definition) is 1. The third-order valence-electron chi connectivity index (χ3n) is 5.31. The lowest BCUT2D eigenvalue weighted by atomic mass is 9.83. The summed E-state index contributed by atoms with van der Waals surface area (Å²) in [5.41, 5.74) is 4.36. The van der Waals surface area contributed by atoms with E-state index in [0.29, 0.717) is 37.5 Å². The van der Waals surface area contributed by atoms with Gasteiger partial charge in [0.1, 0.15) is 0 Å². The molecule has 1 aliphatic carbocycles. The lowest BCUT2D eigenvalue weighted by molar-refractivity contribution is 0.0705. The summed E-state index contributed by atoms with van der Waals surface area (Å²) in [6, 6.07) is 12.9. The Morgan fingerprint density at radius 2 is 1.76 bits per heavy atom. The number of ketones is 1. The maximum absolute atomic E-state index is 13.4. The highest BCUT2D eigenvalue weighted by Gasteiger charge is 2.28. The van der Waals surface area contributed by atoms with Crippen molar-refractivity contribution in [2.45, 2.75) is 6.42 Å². The van der Waals surface area contributed by atoms with Gasteiger partial charge in [0.25, 0.3) is 5.56 Å². The Kier molecular flexibility index (Phi) is 5.47. The topological polar surface area (TPSA) is 69.6 Å². The summed E-state index contributed by atoms with van der Waals surface area (Å²) in [4.78, 5) is 25.8. The molecule has 0 atom stereocenters. The first-order chi connectivity index (χ1) is 14.1. The monoisotopic (exact) mass is 392 g/mol. The number of pyridine rings is 1. The molecule has 0 bridgehead atoms. The number of aromatic nitrogens is 1. The lowest BCUT2D eigenvalue weighted by Crippen LogP contribution is -2.21. The molecule has 150 valence electrons. The lowest BCUT2D eigenvalue weighted by Gasteiger charge is -2.23. The van der Waals surface area contributed by atoms with Crippen LogP contribution in [0.2, 0.25) is 0 Å². The Morgan fingerprint density at radius 3 is 2.55 bits per heavy atom. The molecule has 29 heavy (non-hydrogen) atoms. The SMILES string of the molecule is COCCOCCCNc1ccc2c3c(cc(=O)n2C)-c2ccccc2C(=O)c13. The van der Waals surface area contributed by atoms with E-state index in [1.807, 2.05) is 36.4 Å². The van der Waals surface area contributed by atoms with Gasteiger partial charge < -0.3 is 19.4 Å². The third kappa shape index (κ3) is 3.45. The van der Waals surface area contributed by atoms with Gasteiger partial charge in [0, 0.05) is 50.0 Å². The first-order valence-corrected chi connectivity index (χ1v) is 9.75. The molecule has 6 heteroatoms. The molecule has 0 fully saturated rings. The normalized spacial score (nSPS) is 12.3. The van der Waals surface area contributed by atoms with Crippen LogP contribution in [0.15, 0.2) is 47.3 Å². The van der Waals surface area contributed by atoms with Gasteiger partial charge in [-0.1, -0.05) is 24.3 Å².